The van der Waals surface area contributed by atoms with Crippen molar-refractivity contribution in [2.75, 3.05) is 11.9 Å². The van der Waals surface area contributed by atoms with Crippen molar-refractivity contribution in [3.8, 4) is 0 Å². The molecule has 0 bridgehead atoms. The van der Waals surface area contributed by atoms with Gasteiger partial charge < -0.3 is 14.6 Å². The van der Waals surface area contributed by atoms with Gasteiger partial charge in [0, 0.05) is 10.6 Å². The summed E-state index contributed by atoms with van der Waals surface area (Å²) in [5.41, 5.74) is 1.89. The largest absolute Gasteiger partial charge is 0.467 e. The van der Waals surface area contributed by atoms with Gasteiger partial charge >= 0.3 is 0 Å². The molecule has 0 aliphatic carbocycles. The maximum Gasteiger partial charge on any atom is 0.244 e. The van der Waals surface area contributed by atoms with Crippen LogP contribution in [0.15, 0.2) is 82.3 Å². The maximum atomic E-state index is 13.2. The minimum Gasteiger partial charge on any atom is -0.467 e. The van der Waals surface area contributed by atoms with Crippen molar-refractivity contribution in [3.63, 3.8) is 0 Å². The number of benzene rings is 2. The molecular formula is C22H20N2O3S. The van der Waals surface area contributed by atoms with E-state index in [4.69, 9.17) is 4.42 Å². The van der Waals surface area contributed by atoms with Gasteiger partial charge in [-0.25, -0.2) is 0 Å². The zero-order valence-electron chi connectivity index (χ0n) is 15.2. The second kappa shape index (κ2) is 8.35. The van der Waals surface area contributed by atoms with Gasteiger partial charge in [-0.3, -0.25) is 9.59 Å². The summed E-state index contributed by atoms with van der Waals surface area (Å²) < 4.78 is 5.41. The second-order valence-corrected chi connectivity index (χ2v) is 7.85. The quantitative estimate of drug-likeness (QED) is 0.690. The molecule has 6 heteroatoms. The van der Waals surface area contributed by atoms with Crippen LogP contribution in [0, 0.1) is 0 Å². The molecule has 1 aliphatic heterocycles. The van der Waals surface area contributed by atoms with Crippen LogP contribution in [0.2, 0.25) is 0 Å². The number of hydrogen-bond acceptors (Lipinski definition) is 4. The molecular weight excluding hydrogens is 372 g/mol. The third-order valence-electron chi connectivity index (χ3n) is 4.55. The molecule has 1 aliphatic rings. The molecule has 2 amide bonds. The van der Waals surface area contributed by atoms with E-state index in [9.17, 15) is 9.59 Å². The molecule has 2 heterocycles. The van der Waals surface area contributed by atoms with E-state index in [0.29, 0.717) is 17.9 Å². The Morgan fingerprint density at radius 3 is 2.57 bits per heavy atom. The number of hydrogen-bond donors (Lipinski definition) is 1. The molecule has 0 saturated heterocycles. The predicted octanol–water partition coefficient (Wildman–Crippen LogP) is 3.96. The number of carbonyl (C=O) groups excluding carboxylic acids is 2. The molecule has 1 aromatic heterocycles. The lowest BCUT2D eigenvalue weighted by molar-refractivity contribution is -0.135. The molecule has 2 aromatic carbocycles. The lowest BCUT2D eigenvalue weighted by atomic mass is 10.1. The van der Waals surface area contributed by atoms with E-state index in [1.54, 1.807) is 29.0 Å². The van der Waals surface area contributed by atoms with Gasteiger partial charge in [-0.2, -0.15) is 0 Å². The van der Waals surface area contributed by atoms with Crippen molar-refractivity contribution >= 4 is 29.3 Å². The van der Waals surface area contributed by atoms with Crippen LogP contribution in [0.5, 0.6) is 0 Å². The number of furan rings is 1. The third-order valence-corrected chi connectivity index (χ3v) is 5.86. The Hall–Kier alpha value is -2.99. The summed E-state index contributed by atoms with van der Waals surface area (Å²) in [6.07, 6.45) is 2.25. The number of anilines is 1. The summed E-state index contributed by atoms with van der Waals surface area (Å²) in [7, 11) is 0. The van der Waals surface area contributed by atoms with Crippen LogP contribution in [0.3, 0.4) is 0 Å². The van der Waals surface area contributed by atoms with Crippen LogP contribution >= 0.6 is 11.8 Å². The standard InChI is InChI=1S/C22H20N2O3S/c25-21(23-17-8-2-1-3-9-17)15-24(14-18-10-6-12-27-18)22(26)20-13-16-7-4-5-11-19(16)28-20/h1-12,20H,13-15H2,(H,23,25). The molecule has 3 aromatic rings. The van der Waals surface area contributed by atoms with Crippen molar-refractivity contribution < 1.29 is 14.0 Å². The van der Waals surface area contributed by atoms with Crippen LogP contribution in [0.4, 0.5) is 5.69 Å². The van der Waals surface area contributed by atoms with Gasteiger partial charge in [0.05, 0.1) is 18.1 Å². The number of thioether (sulfide) groups is 1. The number of para-hydroxylation sites is 1. The highest BCUT2D eigenvalue weighted by atomic mass is 32.2. The number of fused-ring (bicyclic) bond motifs is 1. The summed E-state index contributed by atoms with van der Waals surface area (Å²) in [5.74, 6) is 0.369. The lowest BCUT2D eigenvalue weighted by Gasteiger charge is -2.24. The molecule has 0 spiro atoms. The van der Waals surface area contributed by atoms with E-state index in [2.05, 4.69) is 11.4 Å². The van der Waals surface area contributed by atoms with E-state index in [1.165, 1.54) is 5.56 Å². The number of amides is 2. The monoisotopic (exact) mass is 392 g/mol. The summed E-state index contributed by atoms with van der Waals surface area (Å²) in [4.78, 5) is 28.5. The van der Waals surface area contributed by atoms with E-state index in [1.807, 2.05) is 54.6 Å². The topological polar surface area (TPSA) is 62.6 Å². The fourth-order valence-corrected chi connectivity index (χ4v) is 4.50. The SMILES string of the molecule is O=C(CN(Cc1ccco1)C(=O)C1Cc2ccccc2S1)Nc1ccccc1. The summed E-state index contributed by atoms with van der Waals surface area (Å²) in [5, 5.41) is 2.62. The molecule has 0 fully saturated rings. The van der Waals surface area contributed by atoms with Gasteiger partial charge in [0.2, 0.25) is 11.8 Å². The zero-order chi connectivity index (χ0) is 19.3. The van der Waals surface area contributed by atoms with Crippen LogP contribution in [-0.4, -0.2) is 28.5 Å². The molecule has 4 rings (SSSR count). The van der Waals surface area contributed by atoms with Crippen molar-refractivity contribution in [3.05, 3.63) is 84.3 Å². The first kappa shape index (κ1) is 18.4. The first-order valence-corrected chi connectivity index (χ1v) is 9.97. The minimum atomic E-state index is -0.230. The van der Waals surface area contributed by atoms with Crippen LogP contribution in [0.25, 0.3) is 0 Å². The van der Waals surface area contributed by atoms with Gasteiger partial charge in [-0.15, -0.1) is 11.8 Å². The van der Waals surface area contributed by atoms with Crippen molar-refractivity contribution in [1.29, 1.82) is 0 Å². The highest BCUT2D eigenvalue weighted by molar-refractivity contribution is 8.01. The van der Waals surface area contributed by atoms with Crippen molar-refractivity contribution in [2.24, 2.45) is 0 Å². The third kappa shape index (κ3) is 4.28. The number of nitrogens with zero attached hydrogens (tertiary/aromatic N) is 1. The lowest BCUT2D eigenvalue weighted by Crippen LogP contribution is -2.42. The van der Waals surface area contributed by atoms with Gasteiger partial charge in [-0.1, -0.05) is 36.4 Å². The number of nitrogens with one attached hydrogen (secondary N) is 1. The number of carbonyl (C=O) groups is 2. The Morgan fingerprint density at radius 2 is 1.82 bits per heavy atom. The highest BCUT2D eigenvalue weighted by Crippen LogP contribution is 2.37. The van der Waals surface area contributed by atoms with E-state index in [0.717, 1.165) is 4.90 Å². The molecule has 1 unspecified atom stereocenters. The first-order valence-electron chi connectivity index (χ1n) is 9.09. The maximum absolute atomic E-state index is 13.2. The molecule has 5 nitrogen and oxygen atoms in total. The Kier molecular flexibility index (Phi) is 5.48. The fourth-order valence-electron chi connectivity index (χ4n) is 3.22. The number of rotatable bonds is 6. The second-order valence-electron chi connectivity index (χ2n) is 6.61. The molecule has 1 atom stereocenters. The normalized spacial score (nSPS) is 15.1. The highest BCUT2D eigenvalue weighted by Gasteiger charge is 2.32. The van der Waals surface area contributed by atoms with Crippen molar-refractivity contribution in [1.82, 2.24) is 4.90 Å². The Labute approximate surface area is 167 Å². The van der Waals surface area contributed by atoms with Gasteiger partial charge in [0.1, 0.15) is 12.3 Å². The zero-order valence-corrected chi connectivity index (χ0v) is 16.0. The van der Waals surface area contributed by atoms with Crippen molar-refractivity contribution in [2.45, 2.75) is 23.1 Å². The van der Waals surface area contributed by atoms with Gasteiger partial charge in [0.15, 0.2) is 0 Å². The van der Waals surface area contributed by atoms with Crippen LogP contribution in [0.1, 0.15) is 11.3 Å². The van der Waals surface area contributed by atoms with Crippen LogP contribution < -0.4 is 5.32 Å². The molecule has 0 saturated carbocycles. The Balaban J connectivity index is 1.47. The summed E-state index contributed by atoms with van der Waals surface area (Å²) in [6.45, 7) is 0.239. The van der Waals surface area contributed by atoms with E-state index in [-0.39, 0.29) is 30.2 Å². The molecule has 142 valence electrons. The van der Waals surface area contributed by atoms with Crippen LogP contribution in [-0.2, 0) is 22.6 Å². The molecule has 28 heavy (non-hydrogen) atoms. The molecule has 0 radical (unpaired) electrons. The van der Waals surface area contributed by atoms with Gasteiger partial charge in [-0.05, 0) is 42.3 Å². The van der Waals surface area contributed by atoms with Gasteiger partial charge in [0.25, 0.3) is 0 Å². The smallest absolute Gasteiger partial charge is 0.244 e. The average molecular weight is 392 g/mol. The minimum absolute atomic E-state index is 0.0260. The Morgan fingerprint density at radius 1 is 1.04 bits per heavy atom. The first-order chi connectivity index (χ1) is 13.7. The summed E-state index contributed by atoms with van der Waals surface area (Å²) >= 11 is 1.56. The average Bonchev–Trinajstić information content (AvgIpc) is 3.37. The predicted molar refractivity (Wildman–Crippen MR) is 109 cm³/mol. The fraction of sp³-hybridized carbons (Fsp3) is 0.182. The summed E-state index contributed by atoms with van der Waals surface area (Å²) in [6, 6.07) is 20.9. The molecule has 1 N–H and O–H groups in total. The Bertz CT molecular complexity index is 932. The van der Waals surface area contributed by atoms with E-state index < -0.39 is 0 Å². The van der Waals surface area contributed by atoms with E-state index >= 15 is 0 Å².